The molecule has 1 N–H and O–H groups in total. The van der Waals surface area contributed by atoms with Gasteiger partial charge in [-0.15, -0.1) is 0 Å². The summed E-state index contributed by atoms with van der Waals surface area (Å²) < 4.78 is 7.85. The first-order chi connectivity index (χ1) is 8.20. The Bertz CT molecular complexity index is 387. The molecule has 5 heteroatoms. The number of nitrogens with one attached hydrogen (secondary N) is 1. The second-order valence-corrected chi connectivity index (χ2v) is 6.05. The standard InChI is InChI=1S/C12H16Br2N2O/c1-15-10-4-2-3-5-11(10)17-12-9(14)6-8(13)7-16-12/h6-7,10-11,15H,2-5H2,1H3. The van der Waals surface area contributed by atoms with Gasteiger partial charge in [0.1, 0.15) is 6.10 Å². The highest BCUT2D eigenvalue weighted by molar-refractivity contribution is 9.11. The SMILES string of the molecule is CNC1CCCCC1Oc1ncc(Br)cc1Br. The quantitative estimate of drug-likeness (QED) is 0.892. The van der Waals surface area contributed by atoms with Crippen LogP contribution in [-0.4, -0.2) is 24.2 Å². The number of ether oxygens (including phenoxy) is 1. The Labute approximate surface area is 119 Å². The fourth-order valence-electron chi connectivity index (χ4n) is 2.20. The molecule has 1 saturated carbocycles. The van der Waals surface area contributed by atoms with Crippen molar-refractivity contribution in [2.75, 3.05) is 7.05 Å². The molecule has 1 aliphatic carbocycles. The number of aromatic nitrogens is 1. The topological polar surface area (TPSA) is 34.1 Å². The van der Waals surface area contributed by atoms with Crippen molar-refractivity contribution in [1.82, 2.24) is 10.3 Å². The lowest BCUT2D eigenvalue weighted by molar-refractivity contribution is 0.112. The van der Waals surface area contributed by atoms with Gasteiger partial charge in [-0.3, -0.25) is 0 Å². The van der Waals surface area contributed by atoms with Crippen LogP contribution in [0.4, 0.5) is 0 Å². The van der Waals surface area contributed by atoms with Crippen LogP contribution in [0.15, 0.2) is 21.2 Å². The third kappa shape index (κ3) is 3.42. The van der Waals surface area contributed by atoms with Crippen LogP contribution in [0, 0.1) is 0 Å². The average Bonchev–Trinajstić information content (AvgIpc) is 2.33. The molecule has 0 amide bonds. The Morgan fingerprint density at radius 2 is 2.12 bits per heavy atom. The molecule has 2 rings (SSSR count). The number of likely N-dealkylation sites (N-methyl/N-ethyl adjacent to an activating group) is 1. The van der Waals surface area contributed by atoms with Gasteiger partial charge < -0.3 is 10.1 Å². The zero-order chi connectivity index (χ0) is 12.3. The number of pyridine rings is 1. The maximum absolute atomic E-state index is 6.00. The summed E-state index contributed by atoms with van der Waals surface area (Å²) in [5, 5.41) is 3.33. The Morgan fingerprint density at radius 3 is 2.82 bits per heavy atom. The Hall–Kier alpha value is -0.130. The van der Waals surface area contributed by atoms with Crippen LogP contribution < -0.4 is 10.1 Å². The van der Waals surface area contributed by atoms with Crippen molar-refractivity contribution in [3.05, 3.63) is 21.2 Å². The molecular formula is C12H16Br2N2O. The smallest absolute Gasteiger partial charge is 0.228 e. The van der Waals surface area contributed by atoms with Gasteiger partial charge in [0.2, 0.25) is 5.88 Å². The van der Waals surface area contributed by atoms with E-state index in [4.69, 9.17) is 4.74 Å². The van der Waals surface area contributed by atoms with Crippen LogP contribution in [-0.2, 0) is 0 Å². The number of rotatable bonds is 3. The van der Waals surface area contributed by atoms with Gasteiger partial charge in [0.05, 0.1) is 4.47 Å². The number of hydrogen-bond donors (Lipinski definition) is 1. The fourth-order valence-corrected chi connectivity index (χ4v) is 3.28. The summed E-state index contributed by atoms with van der Waals surface area (Å²) in [5.74, 6) is 0.681. The zero-order valence-electron chi connectivity index (χ0n) is 9.75. The van der Waals surface area contributed by atoms with Crippen LogP contribution in [0.1, 0.15) is 25.7 Å². The van der Waals surface area contributed by atoms with E-state index in [1.165, 1.54) is 19.3 Å². The minimum Gasteiger partial charge on any atom is -0.472 e. The summed E-state index contributed by atoms with van der Waals surface area (Å²) in [6.07, 6.45) is 6.76. The molecule has 0 radical (unpaired) electrons. The van der Waals surface area contributed by atoms with Gasteiger partial charge in [0, 0.05) is 16.7 Å². The van der Waals surface area contributed by atoms with Crippen molar-refractivity contribution in [3.8, 4) is 5.88 Å². The molecule has 1 aromatic rings. The number of hydrogen-bond acceptors (Lipinski definition) is 3. The van der Waals surface area contributed by atoms with Crippen molar-refractivity contribution in [2.45, 2.75) is 37.8 Å². The number of nitrogens with zero attached hydrogens (tertiary/aromatic N) is 1. The van der Waals surface area contributed by atoms with E-state index in [1.54, 1.807) is 6.20 Å². The minimum atomic E-state index is 0.221. The summed E-state index contributed by atoms with van der Waals surface area (Å²) in [5.41, 5.74) is 0. The lowest BCUT2D eigenvalue weighted by Gasteiger charge is -2.31. The number of halogens is 2. The van der Waals surface area contributed by atoms with Crippen LogP contribution in [0.5, 0.6) is 5.88 Å². The normalized spacial score (nSPS) is 24.6. The van der Waals surface area contributed by atoms with Crippen molar-refractivity contribution in [1.29, 1.82) is 0 Å². The molecule has 0 aliphatic heterocycles. The molecule has 1 fully saturated rings. The highest BCUT2D eigenvalue weighted by Gasteiger charge is 2.26. The van der Waals surface area contributed by atoms with E-state index in [1.807, 2.05) is 13.1 Å². The average molecular weight is 364 g/mol. The third-order valence-electron chi connectivity index (χ3n) is 3.11. The second-order valence-electron chi connectivity index (χ2n) is 4.28. The summed E-state index contributed by atoms with van der Waals surface area (Å²) in [6.45, 7) is 0. The van der Waals surface area contributed by atoms with Crippen LogP contribution >= 0.6 is 31.9 Å². The fraction of sp³-hybridized carbons (Fsp3) is 0.583. The Balaban J connectivity index is 2.08. The van der Waals surface area contributed by atoms with Crippen LogP contribution in [0.3, 0.4) is 0 Å². The van der Waals surface area contributed by atoms with Gasteiger partial charge in [0.15, 0.2) is 0 Å². The van der Waals surface area contributed by atoms with Gasteiger partial charge in [-0.25, -0.2) is 4.98 Å². The van der Waals surface area contributed by atoms with Crippen LogP contribution in [0.25, 0.3) is 0 Å². The van der Waals surface area contributed by atoms with Gasteiger partial charge in [-0.2, -0.15) is 0 Å². The summed E-state index contributed by atoms with van der Waals surface area (Å²) in [7, 11) is 2.00. The van der Waals surface area contributed by atoms with Crippen molar-refractivity contribution in [2.24, 2.45) is 0 Å². The molecule has 1 heterocycles. The lowest BCUT2D eigenvalue weighted by atomic mass is 9.92. The molecule has 1 aliphatic rings. The summed E-state index contributed by atoms with van der Waals surface area (Å²) in [6, 6.07) is 2.39. The minimum absolute atomic E-state index is 0.221. The summed E-state index contributed by atoms with van der Waals surface area (Å²) >= 11 is 6.86. The van der Waals surface area contributed by atoms with Crippen LogP contribution in [0.2, 0.25) is 0 Å². The lowest BCUT2D eigenvalue weighted by Crippen LogP contribution is -2.43. The highest BCUT2D eigenvalue weighted by Crippen LogP contribution is 2.29. The van der Waals surface area contributed by atoms with Crippen molar-refractivity contribution < 1.29 is 4.74 Å². The van der Waals surface area contributed by atoms with Gasteiger partial charge in [-0.1, -0.05) is 6.42 Å². The Kier molecular flexibility index (Phi) is 4.82. The molecule has 2 unspecified atom stereocenters. The van der Waals surface area contributed by atoms with Gasteiger partial charge in [-0.05, 0) is 64.2 Å². The molecule has 0 saturated heterocycles. The molecule has 1 aromatic heterocycles. The zero-order valence-corrected chi connectivity index (χ0v) is 12.9. The van der Waals surface area contributed by atoms with Crippen molar-refractivity contribution >= 4 is 31.9 Å². The highest BCUT2D eigenvalue weighted by atomic mass is 79.9. The third-order valence-corrected chi connectivity index (χ3v) is 4.11. The molecule has 17 heavy (non-hydrogen) atoms. The van der Waals surface area contributed by atoms with E-state index in [0.717, 1.165) is 15.4 Å². The van der Waals surface area contributed by atoms with E-state index in [0.29, 0.717) is 11.9 Å². The first-order valence-corrected chi connectivity index (χ1v) is 7.44. The molecule has 3 nitrogen and oxygen atoms in total. The predicted molar refractivity (Wildman–Crippen MR) is 75.4 cm³/mol. The largest absolute Gasteiger partial charge is 0.472 e. The van der Waals surface area contributed by atoms with E-state index in [-0.39, 0.29) is 6.10 Å². The van der Waals surface area contributed by atoms with E-state index in [2.05, 4.69) is 42.2 Å². The first-order valence-electron chi connectivity index (χ1n) is 5.85. The molecule has 0 spiro atoms. The van der Waals surface area contributed by atoms with Gasteiger partial charge >= 0.3 is 0 Å². The predicted octanol–water partition coefficient (Wildman–Crippen LogP) is 3.52. The second kappa shape index (κ2) is 6.16. The molecule has 0 bridgehead atoms. The van der Waals surface area contributed by atoms with E-state index >= 15 is 0 Å². The Morgan fingerprint density at radius 1 is 1.35 bits per heavy atom. The first kappa shape index (κ1) is 13.3. The maximum Gasteiger partial charge on any atom is 0.228 e. The van der Waals surface area contributed by atoms with E-state index < -0.39 is 0 Å². The molecule has 94 valence electrons. The monoisotopic (exact) mass is 362 g/mol. The van der Waals surface area contributed by atoms with E-state index in [9.17, 15) is 0 Å². The molecular weight excluding hydrogens is 348 g/mol. The summed E-state index contributed by atoms with van der Waals surface area (Å²) in [4.78, 5) is 4.30. The molecule has 2 atom stereocenters. The molecule has 0 aromatic carbocycles. The van der Waals surface area contributed by atoms with Crippen molar-refractivity contribution in [3.63, 3.8) is 0 Å². The van der Waals surface area contributed by atoms with Gasteiger partial charge in [0.25, 0.3) is 0 Å². The maximum atomic E-state index is 6.00.